The molecule has 0 fully saturated rings. The van der Waals surface area contributed by atoms with Gasteiger partial charge in [0.1, 0.15) is 5.75 Å². The number of hydrogen-bond acceptors (Lipinski definition) is 5. The molecule has 1 aliphatic heterocycles. The number of anilines is 1. The summed E-state index contributed by atoms with van der Waals surface area (Å²) < 4.78 is 5.95. The Morgan fingerprint density at radius 1 is 1.19 bits per heavy atom. The van der Waals surface area contributed by atoms with Gasteiger partial charge in [0.2, 0.25) is 0 Å². The Hall–Kier alpha value is -3.21. The highest BCUT2D eigenvalue weighted by Gasteiger charge is 2.16. The summed E-state index contributed by atoms with van der Waals surface area (Å²) in [5, 5.41) is 3.46. The maximum atomic E-state index is 5.95. The van der Waals surface area contributed by atoms with Crippen molar-refractivity contribution < 1.29 is 4.74 Å². The van der Waals surface area contributed by atoms with Gasteiger partial charge >= 0.3 is 0 Å². The average molecular weight is 364 g/mol. The zero-order valence-electron chi connectivity index (χ0n) is 16.2. The third-order valence-corrected chi connectivity index (χ3v) is 4.08. The van der Waals surface area contributed by atoms with Crippen LogP contribution < -0.4 is 20.7 Å². The van der Waals surface area contributed by atoms with Gasteiger partial charge in [-0.25, -0.2) is 0 Å². The molecule has 1 unspecified atom stereocenters. The van der Waals surface area contributed by atoms with E-state index in [1.54, 1.807) is 19.4 Å². The second-order valence-corrected chi connectivity index (χ2v) is 6.17. The Morgan fingerprint density at radius 3 is 2.74 bits per heavy atom. The highest BCUT2D eigenvalue weighted by Crippen LogP contribution is 2.32. The van der Waals surface area contributed by atoms with Gasteiger partial charge in [0.05, 0.1) is 18.0 Å². The number of nitrogens with one attached hydrogen (secondary N) is 1. The molecule has 2 rings (SSSR count). The Bertz CT molecular complexity index is 786. The number of benzene rings is 1. The van der Waals surface area contributed by atoms with Gasteiger partial charge in [0, 0.05) is 38.5 Å². The summed E-state index contributed by atoms with van der Waals surface area (Å²) in [5.74, 6) is 0.829. The van der Waals surface area contributed by atoms with Crippen molar-refractivity contribution in [1.82, 2.24) is 5.32 Å². The molecule has 0 aromatic heterocycles. The summed E-state index contributed by atoms with van der Waals surface area (Å²) in [6.45, 7) is 0. The maximum absolute atomic E-state index is 5.95. The molecule has 0 radical (unpaired) electrons. The van der Waals surface area contributed by atoms with E-state index in [1.165, 1.54) is 6.20 Å². The number of aliphatic imine (C=N–C) groups is 1. The molecule has 3 N–H and O–H groups in total. The fourth-order valence-electron chi connectivity index (χ4n) is 2.60. The average Bonchev–Trinajstić information content (AvgIpc) is 2.68. The van der Waals surface area contributed by atoms with Crippen LogP contribution in [0.3, 0.4) is 0 Å². The first-order valence-corrected chi connectivity index (χ1v) is 8.89. The van der Waals surface area contributed by atoms with E-state index in [1.807, 2.05) is 50.7 Å². The van der Waals surface area contributed by atoms with E-state index < -0.39 is 0 Å². The van der Waals surface area contributed by atoms with Crippen LogP contribution in [0.25, 0.3) is 0 Å². The van der Waals surface area contributed by atoms with Crippen molar-refractivity contribution >= 4 is 11.4 Å². The molecule has 1 aromatic rings. The van der Waals surface area contributed by atoms with E-state index in [0.29, 0.717) is 0 Å². The van der Waals surface area contributed by atoms with Crippen molar-refractivity contribution in [2.24, 2.45) is 10.7 Å². The lowest BCUT2D eigenvalue weighted by molar-refractivity contribution is 0.463. The van der Waals surface area contributed by atoms with Gasteiger partial charge in [-0.15, -0.1) is 0 Å². The fourth-order valence-corrected chi connectivity index (χ4v) is 2.60. The summed E-state index contributed by atoms with van der Waals surface area (Å²) in [4.78, 5) is 6.31. The minimum absolute atomic E-state index is 0.0757. The zero-order chi connectivity index (χ0) is 19.5. The van der Waals surface area contributed by atoms with Crippen LogP contribution in [-0.2, 0) is 0 Å². The molecule has 0 bridgehead atoms. The van der Waals surface area contributed by atoms with Crippen LogP contribution >= 0.6 is 0 Å². The normalized spacial score (nSPS) is 21.3. The van der Waals surface area contributed by atoms with Gasteiger partial charge in [-0.05, 0) is 49.2 Å². The molecule has 5 heteroatoms. The van der Waals surface area contributed by atoms with Crippen LogP contribution in [0.2, 0.25) is 0 Å². The summed E-state index contributed by atoms with van der Waals surface area (Å²) in [5.41, 5.74) is 8.37. The summed E-state index contributed by atoms with van der Waals surface area (Å²) in [7, 11) is 5.81. The lowest BCUT2D eigenvalue weighted by Crippen LogP contribution is -2.17. The first kappa shape index (κ1) is 20.1. The first-order chi connectivity index (χ1) is 13.2. The van der Waals surface area contributed by atoms with E-state index in [2.05, 4.69) is 39.5 Å². The molecule has 0 amide bonds. The Kier molecular flexibility index (Phi) is 7.97. The van der Waals surface area contributed by atoms with Gasteiger partial charge < -0.3 is 20.7 Å². The second-order valence-electron chi connectivity index (χ2n) is 6.17. The highest BCUT2D eigenvalue weighted by atomic mass is 16.5. The summed E-state index contributed by atoms with van der Waals surface area (Å²) in [6.07, 6.45) is 19.4. The molecule has 0 spiro atoms. The summed E-state index contributed by atoms with van der Waals surface area (Å²) >= 11 is 0. The molecule has 1 heterocycles. The molecule has 27 heavy (non-hydrogen) atoms. The van der Waals surface area contributed by atoms with E-state index >= 15 is 0 Å². The highest BCUT2D eigenvalue weighted by molar-refractivity contribution is 6.03. The minimum Gasteiger partial charge on any atom is -0.464 e. The number of hydrogen-bond donors (Lipinski definition) is 2. The van der Waals surface area contributed by atoms with Gasteiger partial charge in [-0.2, -0.15) is 0 Å². The molecular formula is C22H28N4O. The van der Waals surface area contributed by atoms with Crippen molar-refractivity contribution in [2.45, 2.75) is 12.5 Å². The van der Waals surface area contributed by atoms with Crippen molar-refractivity contribution in [3.8, 4) is 5.75 Å². The smallest absolute Gasteiger partial charge is 0.133 e. The molecule has 5 nitrogen and oxygen atoms in total. The molecule has 1 aromatic carbocycles. The van der Waals surface area contributed by atoms with Crippen LogP contribution in [0.1, 0.15) is 18.0 Å². The third kappa shape index (κ3) is 6.22. The van der Waals surface area contributed by atoms with Crippen LogP contribution in [0.15, 0.2) is 84.4 Å². The molecule has 1 atom stereocenters. The van der Waals surface area contributed by atoms with Gasteiger partial charge in [-0.3, -0.25) is 4.99 Å². The molecule has 142 valence electrons. The van der Waals surface area contributed by atoms with Gasteiger partial charge in [0.25, 0.3) is 0 Å². The Balaban J connectivity index is 2.32. The lowest BCUT2D eigenvalue weighted by atomic mass is 10.0. The lowest BCUT2D eigenvalue weighted by Gasteiger charge is -2.22. The van der Waals surface area contributed by atoms with E-state index in [9.17, 15) is 0 Å². The predicted molar refractivity (Wildman–Crippen MR) is 115 cm³/mol. The molecule has 0 aliphatic carbocycles. The monoisotopic (exact) mass is 364 g/mol. The molecular weight excluding hydrogens is 336 g/mol. The fraction of sp³-hybridized carbons (Fsp3) is 0.227. The summed E-state index contributed by atoms with van der Waals surface area (Å²) in [6, 6.07) is 6.34. The topological polar surface area (TPSA) is 62.9 Å². The van der Waals surface area contributed by atoms with Crippen LogP contribution in [0.5, 0.6) is 5.75 Å². The number of rotatable bonds is 5. The maximum Gasteiger partial charge on any atom is 0.133 e. The van der Waals surface area contributed by atoms with E-state index in [4.69, 9.17) is 10.5 Å². The molecule has 0 saturated carbocycles. The first-order valence-electron chi connectivity index (χ1n) is 8.89. The van der Waals surface area contributed by atoms with Crippen molar-refractivity contribution in [2.75, 3.05) is 26.0 Å². The van der Waals surface area contributed by atoms with E-state index in [-0.39, 0.29) is 6.04 Å². The van der Waals surface area contributed by atoms with Crippen LogP contribution in [-0.4, -0.2) is 26.9 Å². The third-order valence-electron chi connectivity index (χ3n) is 4.08. The standard InChI is InChI=1S/C22H28N4O/c1-24-18-9-8-10-21(25-15-7-5-4-6-14-23)20-12-11-19(26(2)3)17-22(20)27-16-13-18/h4-9,11-17,21,25H,10,23H2,1-3H3/b5-4-,9-8-,14-6+,15-7+,16-13+,24-18+. The van der Waals surface area contributed by atoms with Crippen molar-refractivity contribution in [3.05, 3.63) is 85.0 Å². The quantitative estimate of drug-likeness (QED) is 0.779. The minimum atomic E-state index is 0.0757. The molecule has 1 aliphatic rings. The second kappa shape index (κ2) is 10.7. The number of nitrogens with zero attached hydrogens (tertiary/aromatic N) is 2. The Labute approximate surface area is 161 Å². The van der Waals surface area contributed by atoms with Crippen LogP contribution in [0, 0.1) is 0 Å². The Morgan fingerprint density at radius 2 is 2.00 bits per heavy atom. The predicted octanol–water partition coefficient (Wildman–Crippen LogP) is 3.85. The SMILES string of the molecule is C/N=C1\C=C/CC(N/C=C/C=C\C=C\N)c2ccc(N(C)C)cc2O\C=C\1. The zero-order valence-corrected chi connectivity index (χ0v) is 16.2. The van der Waals surface area contributed by atoms with Crippen LogP contribution in [0.4, 0.5) is 5.69 Å². The van der Waals surface area contributed by atoms with Crippen molar-refractivity contribution in [1.29, 1.82) is 0 Å². The number of allylic oxidation sites excluding steroid dienone is 6. The van der Waals surface area contributed by atoms with Gasteiger partial charge in [0.15, 0.2) is 0 Å². The number of nitrogens with two attached hydrogens (primary N) is 1. The van der Waals surface area contributed by atoms with E-state index in [0.717, 1.165) is 29.1 Å². The van der Waals surface area contributed by atoms with Gasteiger partial charge in [-0.1, -0.05) is 24.3 Å². The number of ether oxygens (including phenoxy) is 1. The number of fused-ring (bicyclic) bond motifs is 1. The largest absolute Gasteiger partial charge is 0.464 e. The van der Waals surface area contributed by atoms with Crippen molar-refractivity contribution in [3.63, 3.8) is 0 Å². The molecule has 0 saturated heterocycles.